The number of nitrogens with zero attached hydrogens (tertiary/aromatic N) is 3. The molecule has 3 heterocycles. The van der Waals surface area contributed by atoms with Crippen LogP contribution in [-0.4, -0.2) is 20.9 Å². The van der Waals surface area contributed by atoms with Crippen molar-refractivity contribution in [2.75, 3.05) is 16.0 Å². The number of rotatable bonds is 6. The molecule has 0 aliphatic rings. The predicted octanol–water partition coefficient (Wildman–Crippen LogP) is 5.90. The van der Waals surface area contributed by atoms with E-state index in [0.29, 0.717) is 28.0 Å². The van der Waals surface area contributed by atoms with E-state index in [4.69, 9.17) is 0 Å². The average Bonchev–Trinajstić information content (AvgIpc) is 2.86. The van der Waals surface area contributed by atoms with Crippen LogP contribution in [0.3, 0.4) is 0 Å². The lowest BCUT2D eigenvalue weighted by Gasteiger charge is -2.11. The van der Waals surface area contributed by atoms with Crippen LogP contribution in [0.15, 0.2) is 97.6 Å². The number of benzene rings is 2. The number of aromatic nitrogens is 3. The highest BCUT2D eigenvalue weighted by Crippen LogP contribution is 2.26. The van der Waals surface area contributed by atoms with Crippen LogP contribution in [0.5, 0.6) is 0 Å². The van der Waals surface area contributed by atoms with E-state index in [0.717, 1.165) is 17.1 Å². The van der Waals surface area contributed by atoms with Crippen molar-refractivity contribution >= 4 is 45.4 Å². The van der Waals surface area contributed by atoms with Crippen LogP contribution in [0, 0.1) is 5.82 Å². The second-order valence-electron chi connectivity index (χ2n) is 7.47. The number of pyridine rings is 3. The molecule has 0 radical (unpaired) electrons. The number of hydrogen-bond acceptors (Lipinski definition) is 6. The van der Waals surface area contributed by atoms with Gasteiger partial charge in [0.2, 0.25) is 0 Å². The van der Waals surface area contributed by atoms with Crippen molar-refractivity contribution in [3.63, 3.8) is 0 Å². The molecule has 166 valence electrons. The average molecular weight is 450 g/mol. The molecular weight excluding hydrogens is 431 g/mol. The van der Waals surface area contributed by atoms with E-state index in [9.17, 15) is 9.18 Å². The van der Waals surface area contributed by atoms with Crippen LogP contribution in [0.4, 0.5) is 33.0 Å². The molecule has 3 N–H and O–H groups in total. The van der Waals surface area contributed by atoms with Crippen molar-refractivity contribution in [1.82, 2.24) is 15.0 Å². The molecule has 5 aromatic rings. The molecule has 0 aliphatic heterocycles. The Labute approximate surface area is 194 Å². The molecule has 1 amide bonds. The SMILES string of the molecule is O=C(Nc1ccnc(Nc2ccncc2)c1)c1ccc(Nc2ccnc3ccc(F)cc23)cc1. The van der Waals surface area contributed by atoms with E-state index >= 15 is 0 Å². The fourth-order valence-electron chi connectivity index (χ4n) is 3.45. The molecule has 0 saturated carbocycles. The number of halogens is 1. The summed E-state index contributed by atoms with van der Waals surface area (Å²) in [5, 5.41) is 9.99. The van der Waals surface area contributed by atoms with Gasteiger partial charge in [-0.1, -0.05) is 0 Å². The Morgan fingerprint density at radius 3 is 2.26 bits per heavy atom. The van der Waals surface area contributed by atoms with Gasteiger partial charge in [-0.15, -0.1) is 0 Å². The second kappa shape index (κ2) is 9.33. The molecule has 8 heteroatoms. The van der Waals surface area contributed by atoms with Crippen molar-refractivity contribution in [3.8, 4) is 0 Å². The van der Waals surface area contributed by atoms with Gasteiger partial charge in [0.15, 0.2) is 0 Å². The quantitative estimate of drug-likeness (QED) is 0.298. The Balaban J connectivity index is 1.27. The Morgan fingerprint density at radius 1 is 0.706 bits per heavy atom. The maximum Gasteiger partial charge on any atom is 0.255 e. The first-order valence-electron chi connectivity index (χ1n) is 10.5. The Morgan fingerprint density at radius 2 is 1.44 bits per heavy atom. The number of amides is 1. The minimum atomic E-state index is -0.328. The first kappa shape index (κ1) is 21.0. The van der Waals surface area contributed by atoms with Crippen LogP contribution < -0.4 is 16.0 Å². The Hall–Kier alpha value is -4.85. The fourth-order valence-corrected chi connectivity index (χ4v) is 3.45. The highest BCUT2D eigenvalue weighted by Gasteiger charge is 2.09. The van der Waals surface area contributed by atoms with Crippen LogP contribution in [0.2, 0.25) is 0 Å². The third-order valence-corrected chi connectivity index (χ3v) is 5.10. The van der Waals surface area contributed by atoms with E-state index in [2.05, 4.69) is 30.9 Å². The number of carbonyl (C=O) groups excluding carboxylic acids is 1. The monoisotopic (exact) mass is 450 g/mol. The molecule has 0 fully saturated rings. The predicted molar refractivity (Wildman–Crippen MR) is 131 cm³/mol. The van der Waals surface area contributed by atoms with E-state index in [1.54, 1.807) is 73.3 Å². The fraction of sp³-hybridized carbons (Fsp3) is 0. The summed E-state index contributed by atoms with van der Waals surface area (Å²) in [5.74, 6) is 0.0272. The number of anilines is 5. The summed E-state index contributed by atoms with van der Waals surface area (Å²) in [7, 11) is 0. The zero-order valence-corrected chi connectivity index (χ0v) is 17.9. The van der Waals surface area contributed by atoms with Gasteiger partial charge in [0, 0.05) is 64.6 Å². The molecule has 0 aliphatic carbocycles. The third-order valence-electron chi connectivity index (χ3n) is 5.10. The summed E-state index contributed by atoms with van der Waals surface area (Å²) < 4.78 is 13.7. The zero-order chi connectivity index (χ0) is 23.3. The molecule has 0 unspecified atom stereocenters. The minimum absolute atomic E-state index is 0.246. The highest BCUT2D eigenvalue weighted by molar-refractivity contribution is 6.04. The summed E-state index contributed by atoms with van der Waals surface area (Å²) in [6, 6.07) is 20.4. The first-order valence-corrected chi connectivity index (χ1v) is 10.5. The third kappa shape index (κ3) is 4.81. The van der Waals surface area contributed by atoms with Gasteiger partial charge in [-0.05, 0) is 66.7 Å². The maximum absolute atomic E-state index is 13.7. The number of hydrogen-bond donors (Lipinski definition) is 3. The lowest BCUT2D eigenvalue weighted by molar-refractivity contribution is 0.102. The van der Waals surface area contributed by atoms with E-state index in [-0.39, 0.29) is 11.7 Å². The molecule has 34 heavy (non-hydrogen) atoms. The molecule has 0 bridgehead atoms. The van der Waals surface area contributed by atoms with Gasteiger partial charge in [-0.2, -0.15) is 0 Å². The summed E-state index contributed by atoms with van der Waals surface area (Å²) in [4.78, 5) is 25.3. The van der Waals surface area contributed by atoms with Crippen LogP contribution in [0.25, 0.3) is 10.9 Å². The topological polar surface area (TPSA) is 91.8 Å². The molecule has 0 atom stereocenters. The van der Waals surface area contributed by atoms with Crippen molar-refractivity contribution in [2.24, 2.45) is 0 Å². The summed E-state index contributed by atoms with van der Waals surface area (Å²) in [5.41, 5.74) is 4.14. The van der Waals surface area contributed by atoms with Crippen molar-refractivity contribution in [3.05, 3.63) is 109 Å². The molecular formula is C26H19FN6O. The van der Waals surface area contributed by atoms with Crippen LogP contribution in [0.1, 0.15) is 10.4 Å². The lowest BCUT2D eigenvalue weighted by atomic mass is 10.1. The maximum atomic E-state index is 13.7. The Kier molecular flexibility index (Phi) is 5.77. The Bertz CT molecular complexity index is 1460. The summed E-state index contributed by atoms with van der Waals surface area (Å²) in [6.45, 7) is 0. The standard InChI is InChI=1S/C26H19FN6O/c27-18-3-6-23-22(15-18)24(10-14-29-23)31-19-4-1-17(2-5-19)26(34)33-21-9-13-30-25(16-21)32-20-7-11-28-12-8-20/h1-16H,(H,29,31)(H2,28,30,32,33,34). The second-order valence-corrected chi connectivity index (χ2v) is 7.47. The van der Waals surface area contributed by atoms with Gasteiger partial charge >= 0.3 is 0 Å². The van der Waals surface area contributed by atoms with Gasteiger partial charge in [0.1, 0.15) is 11.6 Å². The smallest absolute Gasteiger partial charge is 0.255 e. The van der Waals surface area contributed by atoms with E-state index < -0.39 is 0 Å². The van der Waals surface area contributed by atoms with Crippen LogP contribution in [-0.2, 0) is 0 Å². The van der Waals surface area contributed by atoms with Crippen molar-refractivity contribution in [1.29, 1.82) is 0 Å². The van der Waals surface area contributed by atoms with Gasteiger partial charge in [-0.3, -0.25) is 14.8 Å². The number of nitrogens with one attached hydrogen (secondary N) is 3. The van der Waals surface area contributed by atoms with E-state index in [1.807, 2.05) is 12.1 Å². The molecule has 3 aromatic heterocycles. The highest BCUT2D eigenvalue weighted by atomic mass is 19.1. The van der Waals surface area contributed by atoms with Crippen molar-refractivity contribution in [2.45, 2.75) is 0 Å². The lowest BCUT2D eigenvalue weighted by Crippen LogP contribution is -2.12. The van der Waals surface area contributed by atoms with Gasteiger partial charge in [0.25, 0.3) is 5.91 Å². The molecule has 0 saturated heterocycles. The van der Waals surface area contributed by atoms with Gasteiger partial charge in [0.05, 0.1) is 5.52 Å². The normalized spacial score (nSPS) is 10.6. The molecule has 5 rings (SSSR count). The first-order chi connectivity index (χ1) is 16.6. The number of carbonyl (C=O) groups is 1. The van der Waals surface area contributed by atoms with Crippen LogP contribution >= 0.6 is 0 Å². The summed E-state index contributed by atoms with van der Waals surface area (Å²) >= 11 is 0. The molecule has 7 nitrogen and oxygen atoms in total. The molecule has 2 aromatic carbocycles. The van der Waals surface area contributed by atoms with Gasteiger partial charge in [-0.25, -0.2) is 9.37 Å². The number of fused-ring (bicyclic) bond motifs is 1. The molecule has 0 spiro atoms. The minimum Gasteiger partial charge on any atom is -0.355 e. The summed E-state index contributed by atoms with van der Waals surface area (Å²) in [6.07, 6.45) is 6.65. The van der Waals surface area contributed by atoms with Crippen molar-refractivity contribution < 1.29 is 9.18 Å². The zero-order valence-electron chi connectivity index (χ0n) is 17.9. The largest absolute Gasteiger partial charge is 0.355 e. The van der Waals surface area contributed by atoms with Gasteiger partial charge < -0.3 is 16.0 Å². The van der Waals surface area contributed by atoms with E-state index in [1.165, 1.54) is 12.1 Å².